The third-order valence-corrected chi connectivity index (χ3v) is 2.67. The molecule has 0 aliphatic heterocycles. The molecule has 0 aliphatic carbocycles. The van der Waals surface area contributed by atoms with Gasteiger partial charge in [0.2, 0.25) is 0 Å². The highest BCUT2D eigenvalue weighted by Crippen LogP contribution is 2.37. The lowest BCUT2D eigenvalue weighted by Gasteiger charge is -2.17. The highest BCUT2D eigenvalue weighted by atomic mass is 16.5. The zero-order valence-corrected chi connectivity index (χ0v) is 11.2. The molecule has 0 unspecified atom stereocenters. The molecule has 4 heteroatoms. The molecule has 0 atom stereocenters. The van der Waals surface area contributed by atoms with Gasteiger partial charge in [0.05, 0.1) is 21.3 Å². The smallest absolute Gasteiger partial charge is 0.342 e. The van der Waals surface area contributed by atoms with Gasteiger partial charge in [-0.3, -0.25) is 0 Å². The Balaban J connectivity index is 3.54. The summed E-state index contributed by atoms with van der Waals surface area (Å²) in [6, 6.07) is 1.88. The number of ether oxygens (including phenoxy) is 3. The molecule has 18 heavy (non-hydrogen) atoms. The van der Waals surface area contributed by atoms with Gasteiger partial charge in [0, 0.05) is 5.56 Å². The predicted octanol–water partition coefficient (Wildman–Crippen LogP) is 2.53. The molecule has 0 saturated heterocycles. The number of aryl methyl sites for hydroxylation is 1. The average molecular weight is 250 g/mol. The lowest BCUT2D eigenvalue weighted by molar-refractivity contribution is 0.0595. The summed E-state index contributed by atoms with van der Waals surface area (Å²) in [6.45, 7) is 5.54. The highest BCUT2D eigenvalue weighted by molar-refractivity contribution is 5.95. The first-order chi connectivity index (χ1) is 8.60. The number of benzene rings is 1. The van der Waals surface area contributed by atoms with Gasteiger partial charge in [0.25, 0.3) is 0 Å². The van der Waals surface area contributed by atoms with Gasteiger partial charge in [-0.15, -0.1) is 6.58 Å². The average Bonchev–Trinajstić information content (AvgIpc) is 2.37. The molecule has 4 nitrogen and oxygen atoms in total. The van der Waals surface area contributed by atoms with E-state index in [1.165, 1.54) is 14.2 Å². The summed E-state index contributed by atoms with van der Waals surface area (Å²) in [5, 5.41) is 0. The van der Waals surface area contributed by atoms with Crippen molar-refractivity contribution in [3.8, 4) is 11.5 Å². The molecule has 0 radical (unpaired) electrons. The van der Waals surface area contributed by atoms with Crippen LogP contribution in [-0.4, -0.2) is 27.3 Å². The maximum Gasteiger partial charge on any atom is 0.342 e. The molecule has 0 fully saturated rings. The van der Waals surface area contributed by atoms with E-state index in [1.54, 1.807) is 13.2 Å². The Morgan fingerprint density at radius 3 is 2.33 bits per heavy atom. The number of hydrogen-bond acceptors (Lipinski definition) is 4. The highest BCUT2D eigenvalue weighted by Gasteiger charge is 2.22. The van der Waals surface area contributed by atoms with Gasteiger partial charge in [-0.2, -0.15) is 0 Å². The molecule has 1 rings (SSSR count). The minimum Gasteiger partial charge on any atom is -0.493 e. The van der Waals surface area contributed by atoms with Crippen LogP contribution in [0.2, 0.25) is 0 Å². The number of carbonyl (C=O) groups is 1. The molecule has 0 bridgehead atoms. The van der Waals surface area contributed by atoms with Gasteiger partial charge < -0.3 is 14.2 Å². The van der Waals surface area contributed by atoms with Gasteiger partial charge in [-0.1, -0.05) is 12.1 Å². The SMILES string of the molecule is C=CCc1cc(C)c(C(=O)OC)c(OC)c1OC. The quantitative estimate of drug-likeness (QED) is 0.595. The van der Waals surface area contributed by atoms with Crippen molar-refractivity contribution < 1.29 is 19.0 Å². The standard InChI is InChI=1S/C14H18O4/c1-6-7-10-8-9(2)11(14(15)18-5)13(17-4)12(10)16-3/h6,8H,1,7H2,2-5H3. The first-order valence-corrected chi connectivity index (χ1v) is 5.54. The van der Waals surface area contributed by atoms with Crippen LogP contribution in [0.3, 0.4) is 0 Å². The van der Waals surface area contributed by atoms with Crippen LogP contribution in [0, 0.1) is 6.92 Å². The van der Waals surface area contributed by atoms with Gasteiger partial charge in [0.1, 0.15) is 5.56 Å². The van der Waals surface area contributed by atoms with Crippen LogP contribution in [0.15, 0.2) is 18.7 Å². The van der Waals surface area contributed by atoms with Crippen LogP contribution in [0.1, 0.15) is 21.5 Å². The molecule has 0 saturated carbocycles. The Labute approximate surface area is 107 Å². The second-order valence-electron chi connectivity index (χ2n) is 3.78. The van der Waals surface area contributed by atoms with Gasteiger partial charge in [-0.25, -0.2) is 4.79 Å². The third-order valence-electron chi connectivity index (χ3n) is 2.67. The monoisotopic (exact) mass is 250 g/mol. The second kappa shape index (κ2) is 6.10. The molecule has 0 aliphatic rings. The van der Waals surface area contributed by atoms with E-state index < -0.39 is 5.97 Å². The van der Waals surface area contributed by atoms with Gasteiger partial charge in [-0.05, 0) is 18.9 Å². The van der Waals surface area contributed by atoms with Crippen LogP contribution in [0.4, 0.5) is 0 Å². The van der Waals surface area contributed by atoms with Crippen molar-refractivity contribution in [1.29, 1.82) is 0 Å². The fourth-order valence-electron chi connectivity index (χ4n) is 1.92. The van der Waals surface area contributed by atoms with E-state index in [9.17, 15) is 4.79 Å². The van der Waals surface area contributed by atoms with Crippen molar-refractivity contribution in [1.82, 2.24) is 0 Å². The molecule has 1 aromatic rings. The van der Waals surface area contributed by atoms with Crippen molar-refractivity contribution in [2.24, 2.45) is 0 Å². The predicted molar refractivity (Wildman–Crippen MR) is 69.5 cm³/mol. The van der Waals surface area contributed by atoms with Crippen LogP contribution >= 0.6 is 0 Å². The first-order valence-electron chi connectivity index (χ1n) is 5.54. The third kappa shape index (κ3) is 2.47. The fourth-order valence-corrected chi connectivity index (χ4v) is 1.92. The van der Waals surface area contributed by atoms with Crippen LogP contribution < -0.4 is 9.47 Å². The summed E-state index contributed by atoms with van der Waals surface area (Å²) >= 11 is 0. The van der Waals surface area contributed by atoms with E-state index in [0.717, 1.165) is 11.1 Å². The summed E-state index contributed by atoms with van der Waals surface area (Å²) in [6.07, 6.45) is 2.41. The Morgan fingerprint density at radius 2 is 1.89 bits per heavy atom. The molecule has 0 aromatic heterocycles. The maximum absolute atomic E-state index is 11.8. The molecule has 1 aromatic carbocycles. The van der Waals surface area contributed by atoms with E-state index in [0.29, 0.717) is 23.5 Å². The Kier molecular flexibility index (Phi) is 4.77. The van der Waals surface area contributed by atoms with Crippen LogP contribution in [-0.2, 0) is 11.2 Å². The second-order valence-corrected chi connectivity index (χ2v) is 3.78. The molecular weight excluding hydrogens is 232 g/mol. The van der Waals surface area contributed by atoms with Crippen LogP contribution in [0.25, 0.3) is 0 Å². The van der Waals surface area contributed by atoms with Crippen molar-refractivity contribution in [2.75, 3.05) is 21.3 Å². The fraction of sp³-hybridized carbons (Fsp3) is 0.357. The normalized spacial score (nSPS) is 9.78. The number of allylic oxidation sites excluding steroid dienone is 1. The number of hydrogen-bond donors (Lipinski definition) is 0. The minimum absolute atomic E-state index is 0.393. The van der Waals surface area contributed by atoms with E-state index in [4.69, 9.17) is 14.2 Å². The molecule has 98 valence electrons. The topological polar surface area (TPSA) is 44.8 Å². The lowest BCUT2D eigenvalue weighted by Crippen LogP contribution is -2.09. The summed E-state index contributed by atoms with van der Waals surface area (Å²) in [5.74, 6) is 0.511. The summed E-state index contributed by atoms with van der Waals surface area (Å²) in [7, 11) is 4.38. The van der Waals surface area contributed by atoms with E-state index >= 15 is 0 Å². The molecule has 0 heterocycles. The molecule has 0 amide bonds. The Bertz CT molecular complexity index is 463. The number of esters is 1. The Morgan fingerprint density at radius 1 is 1.28 bits per heavy atom. The van der Waals surface area contributed by atoms with Gasteiger partial charge >= 0.3 is 5.97 Å². The number of methoxy groups -OCH3 is 3. The number of carbonyl (C=O) groups excluding carboxylic acids is 1. The zero-order chi connectivity index (χ0) is 13.7. The van der Waals surface area contributed by atoms with Crippen molar-refractivity contribution >= 4 is 5.97 Å². The minimum atomic E-state index is -0.437. The lowest BCUT2D eigenvalue weighted by atomic mass is 10.0. The van der Waals surface area contributed by atoms with E-state index in [-0.39, 0.29) is 0 Å². The Hall–Kier alpha value is -1.97. The summed E-state index contributed by atoms with van der Waals surface area (Å²) in [4.78, 5) is 11.8. The number of rotatable bonds is 5. The van der Waals surface area contributed by atoms with Gasteiger partial charge in [0.15, 0.2) is 11.5 Å². The van der Waals surface area contributed by atoms with E-state index in [2.05, 4.69) is 6.58 Å². The maximum atomic E-state index is 11.8. The van der Waals surface area contributed by atoms with Crippen LogP contribution in [0.5, 0.6) is 11.5 Å². The molecular formula is C14H18O4. The largest absolute Gasteiger partial charge is 0.493 e. The molecule has 0 N–H and O–H groups in total. The van der Waals surface area contributed by atoms with Crippen molar-refractivity contribution in [3.05, 3.63) is 35.4 Å². The van der Waals surface area contributed by atoms with E-state index in [1.807, 2.05) is 13.0 Å². The van der Waals surface area contributed by atoms with Crippen molar-refractivity contribution in [3.63, 3.8) is 0 Å². The summed E-state index contributed by atoms with van der Waals surface area (Å²) < 4.78 is 15.4. The zero-order valence-electron chi connectivity index (χ0n) is 11.2. The molecule has 0 spiro atoms. The first kappa shape index (κ1) is 14.1. The van der Waals surface area contributed by atoms with Crippen molar-refractivity contribution in [2.45, 2.75) is 13.3 Å². The summed E-state index contributed by atoms with van der Waals surface area (Å²) in [5.41, 5.74) is 2.11.